The summed E-state index contributed by atoms with van der Waals surface area (Å²) in [4.78, 5) is 27.1. The highest BCUT2D eigenvalue weighted by Crippen LogP contribution is 2.39. The maximum atomic E-state index is 13.0. The Balaban J connectivity index is 2.40. The van der Waals surface area contributed by atoms with Crippen LogP contribution in [0.4, 0.5) is 4.79 Å². The van der Waals surface area contributed by atoms with Crippen LogP contribution in [-0.4, -0.2) is 57.5 Å². The van der Waals surface area contributed by atoms with E-state index in [1.165, 1.54) is 38.4 Å². The van der Waals surface area contributed by atoms with Crippen molar-refractivity contribution >= 4 is 23.7 Å². The third-order valence-corrected chi connectivity index (χ3v) is 5.51. The maximum absolute atomic E-state index is 13.0. The van der Waals surface area contributed by atoms with Crippen LogP contribution in [-0.2, 0) is 15.0 Å². The van der Waals surface area contributed by atoms with Crippen LogP contribution < -0.4 is 14.2 Å². The van der Waals surface area contributed by atoms with Gasteiger partial charge in [-0.05, 0) is 31.0 Å². The van der Waals surface area contributed by atoms with E-state index < -0.39 is 23.2 Å². The van der Waals surface area contributed by atoms with Crippen LogP contribution in [0.1, 0.15) is 36.2 Å². The Morgan fingerprint density at radius 3 is 2.06 bits per heavy atom. The van der Waals surface area contributed by atoms with Gasteiger partial charge in [-0.2, -0.15) is 0 Å². The molecular weight excluding hydrogens is 450 g/mol. The number of hydrogen-bond acceptors (Lipinski definition) is 7. The van der Waals surface area contributed by atoms with Gasteiger partial charge in [-0.1, -0.05) is 48.9 Å². The number of benzene rings is 2. The summed E-state index contributed by atoms with van der Waals surface area (Å²) in [5.74, 6) is 0.396. The highest BCUT2D eigenvalue weighted by atomic mass is 35.5. The van der Waals surface area contributed by atoms with Gasteiger partial charge in [0.05, 0.1) is 26.9 Å². The van der Waals surface area contributed by atoms with Crippen molar-refractivity contribution in [2.24, 2.45) is 0 Å². The predicted molar refractivity (Wildman–Crippen MR) is 124 cm³/mol. The van der Waals surface area contributed by atoms with Crippen molar-refractivity contribution in [3.05, 3.63) is 53.6 Å². The number of likely N-dealkylation sites (N-methyl/N-ethyl adjacent to an activating group) is 1. The second kappa shape index (κ2) is 11.7. The van der Waals surface area contributed by atoms with Crippen molar-refractivity contribution in [3.8, 4) is 17.2 Å². The molecule has 0 aromatic heterocycles. The van der Waals surface area contributed by atoms with Crippen LogP contribution in [0.5, 0.6) is 17.2 Å². The Kier molecular flexibility index (Phi) is 9.22. The molecule has 0 heterocycles. The number of carbonyl (C=O) groups excluding carboxylic acids is 2. The van der Waals surface area contributed by atoms with E-state index >= 15 is 0 Å². The number of carbonyl (C=O) groups is 2. The summed E-state index contributed by atoms with van der Waals surface area (Å²) in [6.07, 6.45) is -0.186. The Bertz CT molecular complexity index is 926. The maximum Gasteiger partial charge on any atom is 0.411 e. The molecule has 8 nitrogen and oxygen atoms in total. The van der Waals surface area contributed by atoms with Crippen LogP contribution >= 0.6 is 11.6 Å². The van der Waals surface area contributed by atoms with E-state index in [0.717, 1.165) is 5.56 Å². The molecule has 2 rings (SSSR count). The zero-order valence-electron chi connectivity index (χ0n) is 19.7. The zero-order chi connectivity index (χ0) is 24.6. The molecule has 2 aromatic carbocycles. The number of nitrogens with zero attached hydrogens (tertiary/aromatic N) is 1. The van der Waals surface area contributed by atoms with Gasteiger partial charge in [0.1, 0.15) is 12.1 Å². The second-order valence-electron chi connectivity index (χ2n) is 7.23. The summed E-state index contributed by atoms with van der Waals surface area (Å²) in [7, 11) is 5.99. The molecule has 0 radical (unpaired) electrons. The lowest BCUT2D eigenvalue weighted by molar-refractivity contribution is -0.000647. The van der Waals surface area contributed by atoms with Crippen molar-refractivity contribution in [2.75, 3.05) is 35.0 Å². The van der Waals surface area contributed by atoms with Crippen LogP contribution in [0.25, 0.3) is 0 Å². The molecule has 0 bridgehead atoms. The first kappa shape index (κ1) is 26.1. The van der Waals surface area contributed by atoms with Gasteiger partial charge in [0, 0.05) is 7.05 Å². The van der Waals surface area contributed by atoms with E-state index in [2.05, 4.69) is 0 Å². The van der Waals surface area contributed by atoms with Gasteiger partial charge in [0.15, 0.2) is 17.1 Å². The molecule has 0 fully saturated rings. The topological polar surface area (TPSA) is 83.5 Å². The average Bonchev–Trinajstić information content (AvgIpc) is 2.83. The van der Waals surface area contributed by atoms with Gasteiger partial charge < -0.3 is 23.7 Å². The Hall–Kier alpha value is -3.13. The van der Waals surface area contributed by atoms with Crippen molar-refractivity contribution in [1.29, 1.82) is 0 Å². The number of amides is 1. The minimum atomic E-state index is -0.986. The summed E-state index contributed by atoms with van der Waals surface area (Å²) in [5.41, 5.74) is -0.804. The second-order valence-corrected chi connectivity index (χ2v) is 7.84. The van der Waals surface area contributed by atoms with E-state index in [1.54, 1.807) is 14.0 Å². The quantitative estimate of drug-likeness (QED) is 0.356. The van der Waals surface area contributed by atoms with Gasteiger partial charge in [-0.25, -0.2) is 9.59 Å². The summed E-state index contributed by atoms with van der Waals surface area (Å²) in [5, 5.41) is 0. The minimum Gasteiger partial charge on any atom is -0.493 e. The first-order valence-electron chi connectivity index (χ1n) is 10.3. The monoisotopic (exact) mass is 479 g/mol. The standard InChI is InChI=1S/C24H30ClNO7/c1-7-24(18-11-9-8-10-12-18,26(3)23(28)33-16(2)25)15-32-22(27)17-13-19(29-4)21(31-6)20(14-17)30-5/h8-14,16H,7,15H2,1-6H3/t16?,24-/m1/s1. The molecule has 1 unspecified atom stereocenters. The highest BCUT2D eigenvalue weighted by molar-refractivity contribution is 6.19. The molecule has 0 N–H and O–H groups in total. The lowest BCUT2D eigenvalue weighted by Gasteiger charge is -2.40. The van der Waals surface area contributed by atoms with Crippen molar-refractivity contribution in [3.63, 3.8) is 0 Å². The smallest absolute Gasteiger partial charge is 0.411 e. The summed E-state index contributed by atoms with van der Waals surface area (Å²) >= 11 is 5.86. The molecule has 33 heavy (non-hydrogen) atoms. The molecular formula is C24H30ClNO7. The number of alkyl halides is 1. The molecule has 0 saturated heterocycles. The van der Waals surface area contributed by atoms with E-state index in [9.17, 15) is 9.59 Å². The zero-order valence-corrected chi connectivity index (χ0v) is 20.5. The van der Waals surface area contributed by atoms with Crippen molar-refractivity contribution in [2.45, 2.75) is 31.4 Å². The third-order valence-electron chi connectivity index (χ3n) is 5.42. The van der Waals surface area contributed by atoms with Gasteiger partial charge >= 0.3 is 12.1 Å². The highest BCUT2D eigenvalue weighted by Gasteiger charge is 2.40. The number of rotatable bonds is 10. The summed E-state index contributed by atoms with van der Waals surface area (Å²) in [6.45, 7) is 3.33. The molecule has 9 heteroatoms. The summed E-state index contributed by atoms with van der Waals surface area (Å²) in [6, 6.07) is 12.3. The number of esters is 1. The number of methoxy groups -OCH3 is 3. The number of ether oxygens (including phenoxy) is 5. The number of halogens is 1. The first-order valence-corrected chi connectivity index (χ1v) is 10.8. The first-order chi connectivity index (χ1) is 15.7. The van der Waals surface area contributed by atoms with Gasteiger partial charge in [-0.15, -0.1) is 0 Å². The third kappa shape index (κ3) is 5.82. The fourth-order valence-electron chi connectivity index (χ4n) is 3.53. The Morgan fingerprint density at radius 2 is 1.61 bits per heavy atom. The van der Waals surface area contributed by atoms with Gasteiger partial charge in [0.25, 0.3) is 0 Å². The fourth-order valence-corrected chi connectivity index (χ4v) is 3.60. The lowest BCUT2D eigenvalue weighted by atomic mass is 9.86. The van der Waals surface area contributed by atoms with Crippen LogP contribution in [0.2, 0.25) is 0 Å². The van der Waals surface area contributed by atoms with Crippen LogP contribution in [0, 0.1) is 0 Å². The van der Waals surface area contributed by atoms with Crippen molar-refractivity contribution in [1.82, 2.24) is 4.90 Å². The average molecular weight is 480 g/mol. The molecule has 2 atom stereocenters. The summed E-state index contributed by atoms with van der Waals surface area (Å²) < 4.78 is 26.8. The largest absolute Gasteiger partial charge is 0.493 e. The molecule has 2 aromatic rings. The SMILES string of the molecule is CC[C@@](COC(=O)c1cc(OC)c(OC)c(OC)c1)(c1ccccc1)N(C)C(=O)OC(C)Cl. The molecule has 0 aliphatic carbocycles. The molecule has 0 spiro atoms. The number of hydrogen-bond donors (Lipinski definition) is 0. The molecule has 0 saturated carbocycles. The predicted octanol–water partition coefficient (Wildman–Crippen LogP) is 4.83. The van der Waals surface area contributed by atoms with Gasteiger partial charge in [-0.3, -0.25) is 4.90 Å². The molecule has 1 amide bonds. The van der Waals surface area contributed by atoms with Crippen LogP contribution in [0.15, 0.2) is 42.5 Å². The minimum absolute atomic E-state index is 0.120. The van der Waals surface area contributed by atoms with E-state index in [4.69, 9.17) is 35.3 Å². The van der Waals surface area contributed by atoms with E-state index in [1.807, 2.05) is 37.3 Å². The van der Waals surface area contributed by atoms with Crippen molar-refractivity contribution < 1.29 is 33.3 Å². The van der Waals surface area contributed by atoms with E-state index in [-0.39, 0.29) is 12.2 Å². The van der Waals surface area contributed by atoms with Gasteiger partial charge in [0.2, 0.25) is 5.75 Å². The lowest BCUT2D eigenvalue weighted by Crippen LogP contribution is -2.51. The molecule has 180 valence electrons. The fraction of sp³-hybridized carbons (Fsp3) is 0.417. The van der Waals surface area contributed by atoms with E-state index in [0.29, 0.717) is 23.7 Å². The normalized spacial score (nSPS) is 13.3. The molecule has 0 aliphatic rings. The molecule has 0 aliphatic heterocycles. The Morgan fingerprint density at radius 1 is 1.03 bits per heavy atom. The van der Waals surface area contributed by atoms with Crippen LogP contribution in [0.3, 0.4) is 0 Å². The Labute approximate surface area is 199 Å².